The Hall–Kier alpha value is -1.39. The lowest BCUT2D eigenvalue weighted by molar-refractivity contribution is -0.125. The molecule has 2 rings (SSSR count). The van der Waals surface area contributed by atoms with Gasteiger partial charge in [0.1, 0.15) is 0 Å². The average molecular weight is 332 g/mol. The molecule has 1 aromatic carbocycles. The van der Waals surface area contributed by atoms with Crippen LogP contribution < -0.4 is 11.1 Å². The Bertz CT molecular complexity index is 486. The van der Waals surface area contributed by atoms with Crippen LogP contribution in [0, 0.1) is 11.8 Å². The van der Waals surface area contributed by atoms with E-state index in [4.69, 9.17) is 10.5 Å². The van der Waals surface area contributed by atoms with Crippen molar-refractivity contribution in [2.24, 2.45) is 17.6 Å². The highest BCUT2D eigenvalue weighted by Gasteiger charge is 2.26. The van der Waals surface area contributed by atoms with Crippen molar-refractivity contribution in [1.82, 2.24) is 5.32 Å². The third-order valence-electron chi connectivity index (χ3n) is 5.17. The van der Waals surface area contributed by atoms with Gasteiger partial charge < -0.3 is 15.8 Å². The fraction of sp³-hybridized carbons (Fsp3) is 0.650. The molecule has 1 saturated carbocycles. The lowest BCUT2D eigenvalue weighted by Crippen LogP contribution is -2.37. The van der Waals surface area contributed by atoms with E-state index in [9.17, 15) is 4.79 Å². The zero-order valence-electron chi connectivity index (χ0n) is 15.0. The van der Waals surface area contributed by atoms with Gasteiger partial charge in [-0.05, 0) is 37.7 Å². The molecule has 1 aliphatic carbocycles. The third-order valence-corrected chi connectivity index (χ3v) is 5.17. The Kier molecular flexibility index (Phi) is 7.73. The molecule has 4 nitrogen and oxygen atoms in total. The van der Waals surface area contributed by atoms with Crippen molar-refractivity contribution in [3.63, 3.8) is 0 Å². The molecule has 1 fully saturated rings. The maximum absolute atomic E-state index is 12.4. The second-order valence-electron chi connectivity index (χ2n) is 6.84. The predicted octanol–water partition coefficient (Wildman–Crippen LogP) is 3.42. The van der Waals surface area contributed by atoms with E-state index in [1.807, 2.05) is 44.2 Å². The van der Waals surface area contributed by atoms with Crippen molar-refractivity contribution in [2.75, 3.05) is 13.2 Å². The number of ether oxygens (including phenoxy) is 1. The van der Waals surface area contributed by atoms with Gasteiger partial charge in [-0.1, -0.05) is 50.1 Å². The molecule has 24 heavy (non-hydrogen) atoms. The number of nitrogens with two attached hydrogens (primary N) is 1. The Morgan fingerprint density at radius 3 is 2.58 bits per heavy atom. The minimum Gasteiger partial charge on any atom is -0.378 e. The standard InChI is InChI=1S/C20H32N2O2/c1-3-24-18(16-9-7-8-10-16)13-14-22-20(23)15(2)19(21)17-11-5-4-6-12-17/h4-6,11-12,15-16,18-19H,3,7-10,13-14,21H2,1-2H3,(H,22,23). The lowest BCUT2D eigenvalue weighted by Gasteiger charge is -2.24. The maximum atomic E-state index is 12.4. The number of hydrogen-bond acceptors (Lipinski definition) is 3. The van der Waals surface area contributed by atoms with Crippen molar-refractivity contribution in [2.45, 2.75) is 58.1 Å². The highest BCUT2D eigenvalue weighted by Crippen LogP contribution is 2.30. The number of hydrogen-bond donors (Lipinski definition) is 2. The molecule has 0 saturated heterocycles. The van der Waals surface area contributed by atoms with E-state index in [1.165, 1.54) is 25.7 Å². The topological polar surface area (TPSA) is 64.3 Å². The summed E-state index contributed by atoms with van der Waals surface area (Å²) in [4.78, 5) is 12.4. The van der Waals surface area contributed by atoms with Gasteiger partial charge in [-0.15, -0.1) is 0 Å². The summed E-state index contributed by atoms with van der Waals surface area (Å²) < 4.78 is 5.91. The van der Waals surface area contributed by atoms with Crippen LogP contribution in [0.2, 0.25) is 0 Å². The minimum atomic E-state index is -0.274. The number of nitrogens with one attached hydrogen (secondary N) is 1. The fourth-order valence-corrected chi connectivity index (χ4v) is 3.62. The van der Waals surface area contributed by atoms with Crippen molar-refractivity contribution in [3.8, 4) is 0 Å². The van der Waals surface area contributed by atoms with E-state index >= 15 is 0 Å². The highest BCUT2D eigenvalue weighted by molar-refractivity contribution is 5.79. The van der Waals surface area contributed by atoms with Gasteiger partial charge in [-0.25, -0.2) is 0 Å². The van der Waals surface area contributed by atoms with Crippen LogP contribution in [0.3, 0.4) is 0 Å². The zero-order chi connectivity index (χ0) is 17.4. The summed E-state index contributed by atoms with van der Waals surface area (Å²) in [6.45, 7) is 5.34. The first-order chi connectivity index (χ1) is 11.6. The van der Waals surface area contributed by atoms with Crippen LogP contribution in [0.25, 0.3) is 0 Å². The van der Waals surface area contributed by atoms with Crippen molar-refractivity contribution >= 4 is 5.91 Å². The van der Waals surface area contributed by atoms with Crippen LogP contribution in [0.15, 0.2) is 30.3 Å². The van der Waals surface area contributed by atoms with Crippen LogP contribution in [-0.2, 0) is 9.53 Å². The molecule has 1 aromatic rings. The summed E-state index contributed by atoms with van der Waals surface area (Å²) in [5.41, 5.74) is 7.23. The molecule has 4 heteroatoms. The van der Waals surface area contributed by atoms with Crippen LogP contribution in [0.1, 0.15) is 57.6 Å². The number of rotatable bonds is 9. The van der Waals surface area contributed by atoms with Crippen molar-refractivity contribution < 1.29 is 9.53 Å². The minimum absolute atomic E-state index is 0.0213. The van der Waals surface area contributed by atoms with Gasteiger partial charge in [-0.3, -0.25) is 4.79 Å². The summed E-state index contributed by atoms with van der Waals surface area (Å²) >= 11 is 0. The molecule has 0 spiro atoms. The van der Waals surface area contributed by atoms with Gasteiger partial charge in [0.25, 0.3) is 0 Å². The van der Waals surface area contributed by atoms with E-state index in [0.717, 1.165) is 18.6 Å². The highest BCUT2D eigenvalue weighted by atomic mass is 16.5. The molecule has 0 heterocycles. The number of amides is 1. The number of carbonyl (C=O) groups is 1. The number of benzene rings is 1. The normalized spacial score (nSPS) is 19.0. The molecule has 0 aromatic heterocycles. The Morgan fingerprint density at radius 1 is 1.29 bits per heavy atom. The summed E-state index contributed by atoms with van der Waals surface area (Å²) in [6.07, 6.45) is 6.29. The van der Waals surface area contributed by atoms with Gasteiger partial charge in [0.05, 0.1) is 12.0 Å². The fourth-order valence-electron chi connectivity index (χ4n) is 3.62. The average Bonchev–Trinajstić information content (AvgIpc) is 3.14. The van der Waals surface area contributed by atoms with Crippen molar-refractivity contribution in [3.05, 3.63) is 35.9 Å². The quantitative estimate of drug-likeness (QED) is 0.728. The van der Waals surface area contributed by atoms with E-state index in [1.54, 1.807) is 0 Å². The van der Waals surface area contributed by atoms with Crippen LogP contribution >= 0.6 is 0 Å². The number of carbonyl (C=O) groups excluding carboxylic acids is 1. The third kappa shape index (κ3) is 5.32. The van der Waals surface area contributed by atoms with Gasteiger partial charge in [0.2, 0.25) is 5.91 Å². The summed E-state index contributed by atoms with van der Waals surface area (Å²) in [6, 6.07) is 9.53. The maximum Gasteiger partial charge on any atom is 0.224 e. The van der Waals surface area contributed by atoms with E-state index in [-0.39, 0.29) is 24.0 Å². The smallest absolute Gasteiger partial charge is 0.224 e. The van der Waals surface area contributed by atoms with Gasteiger partial charge in [0, 0.05) is 19.2 Å². The van der Waals surface area contributed by atoms with E-state index in [2.05, 4.69) is 5.32 Å². The molecule has 134 valence electrons. The Morgan fingerprint density at radius 2 is 1.96 bits per heavy atom. The molecule has 3 N–H and O–H groups in total. The SMILES string of the molecule is CCOC(CCNC(=O)C(C)C(N)c1ccccc1)C1CCCC1. The first kappa shape index (κ1) is 18.9. The molecule has 1 aliphatic rings. The largest absolute Gasteiger partial charge is 0.378 e. The molecule has 0 bridgehead atoms. The van der Waals surface area contributed by atoms with E-state index in [0.29, 0.717) is 12.5 Å². The molecular weight excluding hydrogens is 300 g/mol. The molecule has 3 unspecified atom stereocenters. The second-order valence-corrected chi connectivity index (χ2v) is 6.84. The molecule has 3 atom stereocenters. The second kappa shape index (κ2) is 9.80. The van der Waals surface area contributed by atoms with Crippen LogP contribution in [0.4, 0.5) is 0 Å². The first-order valence-corrected chi connectivity index (χ1v) is 9.33. The van der Waals surface area contributed by atoms with Gasteiger partial charge in [0.15, 0.2) is 0 Å². The zero-order valence-corrected chi connectivity index (χ0v) is 15.0. The molecule has 1 amide bonds. The Balaban J connectivity index is 1.78. The van der Waals surface area contributed by atoms with Crippen LogP contribution in [0.5, 0.6) is 0 Å². The monoisotopic (exact) mass is 332 g/mol. The molecular formula is C20H32N2O2. The summed E-state index contributed by atoms with van der Waals surface area (Å²) in [7, 11) is 0. The van der Waals surface area contributed by atoms with Crippen molar-refractivity contribution in [1.29, 1.82) is 0 Å². The summed E-state index contributed by atoms with van der Waals surface area (Å²) in [5.74, 6) is 0.434. The summed E-state index contributed by atoms with van der Waals surface area (Å²) in [5, 5.41) is 3.05. The molecule has 0 aliphatic heterocycles. The van der Waals surface area contributed by atoms with Gasteiger partial charge >= 0.3 is 0 Å². The lowest BCUT2D eigenvalue weighted by atomic mass is 9.94. The molecule has 0 radical (unpaired) electrons. The Labute approximate surface area is 146 Å². The van der Waals surface area contributed by atoms with Crippen LogP contribution in [-0.4, -0.2) is 25.2 Å². The van der Waals surface area contributed by atoms with Gasteiger partial charge in [-0.2, -0.15) is 0 Å². The first-order valence-electron chi connectivity index (χ1n) is 9.33. The van der Waals surface area contributed by atoms with E-state index < -0.39 is 0 Å². The predicted molar refractivity (Wildman–Crippen MR) is 97.5 cm³/mol.